The van der Waals surface area contributed by atoms with Gasteiger partial charge in [0.25, 0.3) is 5.91 Å². The summed E-state index contributed by atoms with van der Waals surface area (Å²) < 4.78 is 5.27. The molecule has 2 aromatic carbocycles. The summed E-state index contributed by atoms with van der Waals surface area (Å²) in [7, 11) is 5.67. The largest absolute Gasteiger partial charge is 0.497 e. The van der Waals surface area contributed by atoms with Crippen molar-refractivity contribution in [2.45, 2.75) is 50.2 Å². The fourth-order valence-corrected chi connectivity index (χ4v) is 5.46. The third-order valence-electron chi connectivity index (χ3n) is 7.24. The van der Waals surface area contributed by atoms with Crippen molar-refractivity contribution in [2.24, 2.45) is 5.92 Å². The van der Waals surface area contributed by atoms with Crippen LogP contribution in [0.4, 0.5) is 0 Å². The summed E-state index contributed by atoms with van der Waals surface area (Å²) in [5.41, 5.74) is 1.77. The summed E-state index contributed by atoms with van der Waals surface area (Å²) in [6, 6.07) is 17.1. The molecule has 6 nitrogen and oxygen atoms in total. The molecule has 4 rings (SSSR count). The van der Waals surface area contributed by atoms with Crippen molar-refractivity contribution in [3.05, 3.63) is 65.7 Å². The number of methoxy groups -OCH3 is 1. The zero-order valence-corrected chi connectivity index (χ0v) is 19.9. The maximum atomic E-state index is 13.5. The Bertz CT molecular complexity index is 945. The van der Waals surface area contributed by atoms with Gasteiger partial charge in [0.05, 0.1) is 13.2 Å². The van der Waals surface area contributed by atoms with Gasteiger partial charge in [-0.15, -0.1) is 0 Å². The predicted octanol–water partition coefficient (Wildman–Crippen LogP) is 3.89. The molecular weight excluding hydrogens is 414 g/mol. The van der Waals surface area contributed by atoms with Crippen LogP contribution in [0.5, 0.6) is 5.75 Å². The number of carbonyl (C=O) groups is 2. The second-order valence-corrected chi connectivity index (χ2v) is 9.44. The summed E-state index contributed by atoms with van der Waals surface area (Å²) in [6.07, 6.45) is 5.14. The Kier molecular flexibility index (Phi) is 7.33. The van der Waals surface area contributed by atoms with Gasteiger partial charge in [0.1, 0.15) is 11.8 Å². The maximum Gasteiger partial charge on any atom is 0.254 e. The third-order valence-corrected chi connectivity index (χ3v) is 7.24. The van der Waals surface area contributed by atoms with E-state index >= 15 is 0 Å². The van der Waals surface area contributed by atoms with Crippen LogP contribution in [0.25, 0.3) is 0 Å². The van der Waals surface area contributed by atoms with Gasteiger partial charge in [0.2, 0.25) is 5.91 Å². The zero-order valence-electron chi connectivity index (χ0n) is 19.9. The molecule has 2 fully saturated rings. The van der Waals surface area contributed by atoms with Gasteiger partial charge in [0.15, 0.2) is 0 Å². The predicted molar refractivity (Wildman–Crippen MR) is 129 cm³/mol. The molecule has 0 bridgehead atoms. The van der Waals surface area contributed by atoms with E-state index in [1.54, 1.807) is 7.11 Å². The van der Waals surface area contributed by atoms with Crippen LogP contribution in [0.2, 0.25) is 0 Å². The van der Waals surface area contributed by atoms with Crippen LogP contribution in [0.1, 0.15) is 54.1 Å². The summed E-state index contributed by atoms with van der Waals surface area (Å²) in [5, 5.41) is 3.17. The third kappa shape index (κ3) is 5.06. The molecular formula is C27H35N3O3. The van der Waals surface area contributed by atoms with E-state index in [0.717, 1.165) is 37.0 Å². The molecule has 2 aromatic rings. The average Bonchev–Trinajstić information content (AvgIpc) is 3.24. The lowest BCUT2D eigenvalue weighted by molar-refractivity contribution is -0.125. The molecule has 2 aliphatic rings. The first kappa shape index (κ1) is 23.3. The lowest BCUT2D eigenvalue weighted by Crippen LogP contribution is -2.50. The quantitative estimate of drug-likeness (QED) is 0.697. The lowest BCUT2D eigenvalue weighted by Gasteiger charge is -2.34. The van der Waals surface area contributed by atoms with Gasteiger partial charge < -0.3 is 19.9 Å². The van der Waals surface area contributed by atoms with Crippen LogP contribution in [0.15, 0.2) is 54.6 Å². The fraction of sp³-hybridized carbons (Fsp3) is 0.481. The van der Waals surface area contributed by atoms with E-state index in [0.29, 0.717) is 18.0 Å². The number of nitrogens with one attached hydrogen (secondary N) is 1. The van der Waals surface area contributed by atoms with E-state index in [1.807, 2.05) is 73.6 Å². The Labute approximate surface area is 196 Å². The standard InChI is InChI=1S/C27H35N3O3/c1-29(2)25(19-13-15-22(33-3)16-14-19)18-28-26(31)24-17-21-11-7-8-12-23(21)30(24)27(32)20-9-5-4-6-10-20/h4-6,9-10,13-16,21,23-25H,7-8,11-12,17-18H2,1-3H3,(H,28,31). The van der Waals surface area contributed by atoms with Crippen LogP contribution in [0, 0.1) is 5.92 Å². The molecule has 2 amide bonds. The minimum absolute atomic E-state index is 0.0236. The smallest absolute Gasteiger partial charge is 0.254 e. The van der Waals surface area contributed by atoms with Gasteiger partial charge in [-0.1, -0.05) is 43.2 Å². The molecule has 4 atom stereocenters. The SMILES string of the molecule is COc1ccc(C(CNC(=O)C2CC3CCCCC3N2C(=O)c2ccccc2)N(C)C)cc1. The van der Waals surface area contributed by atoms with E-state index in [1.165, 1.54) is 6.42 Å². The summed E-state index contributed by atoms with van der Waals surface area (Å²) in [4.78, 5) is 30.9. The number of fused-ring (bicyclic) bond motifs is 1. The number of rotatable bonds is 7. The summed E-state index contributed by atoms with van der Waals surface area (Å²) >= 11 is 0. The van der Waals surface area contributed by atoms with Crippen LogP contribution in [-0.2, 0) is 4.79 Å². The lowest BCUT2D eigenvalue weighted by atomic mass is 9.84. The number of ether oxygens (including phenoxy) is 1. The van der Waals surface area contributed by atoms with Gasteiger partial charge in [-0.2, -0.15) is 0 Å². The summed E-state index contributed by atoms with van der Waals surface area (Å²) in [5.74, 6) is 1.15. The van der Waals surface area contributed by atoms with Crippen molar-refractivity contribution < 1.29 is 14.3 Å². The van der Waals surface area contributed by atoms with Crippen molar-refractivity contribution >= 4 is 11.8 Å². The first-order chi connectivity index (χ1) is 16.0. The molecule has 1 saturated heterocycles. The van der Waals surface area contributed by atoms with Crippen LogP contribution >= 0.6 is 0 Å². The number of hydrogen-bond donors (Lipinski definition) is 1. The average molecular weight is 450 g/mol. The highest BCUT2D eigenvalue weighted by Gasteiger charge is 2.47. The molecule has 6 heteroatoms. The molecule has 0 spiro atoms. The molecule has 176 valence electrons. The highest BCUT2D eigenvalue weighted by molar-refractivity contribution is 5.98. The molecule has 1 saturated carbocycles. The molecule has 0 aromatic heterocycles. The Morgan fingerprint density at radius 1 is 1.06 bits per heavy atom. The summed E-state index contributed by atoms with van der Waals surface area (Å²) in [6.45, 7) is 0.483. The van der Waals surface area contributed by atoms with Crippen LogP contribution in [0.3, 0.4) is 0 Å². The number of amides is 2. The number of nitrogens with zero attached hydrogens (tertiary/aromatic N) is 2. The normalized spacial score (nSPS) is 23.2. The second-order valence-electron chi connectivity index (χ2n) is 9.44. The van der Waals surface area contributed by atoms with Gasteiger partial charge in [-0.05, 0) is 69.1 Å². The Morgan fingerprint density at radius 3 is 2.42 bits per heavy atom. The van der Waals surface area contributed by atoms with E-state index in [-0.39, 0.29) is 23.9 Å². The first-order valence-corrected chi connectivity index (χ1v) is 12.0. The van der Waals surface area contributed by atoms with Crippen molar-refractivity contribution in [1.82, 2.24) is 15.1 Å². The fourth-order valence-electron chi connectivity index (χ4n) is 5.46. The highest BCUT2D eigenvalue weighted by Crippen LogP contribution is 2.40. The van der Waals surface area contributed by atoms with Crippen molar-refractivity contribution in [3.8, 4) is 5.75 Å². The van der Waals surface area contributed by atoms with E-state index in [4.69, 9.17) is 4.74 Å². The van der Waals surface area contributed by atoms with Crippen LogP contribution in [-0.4, -0.2) is 61.4 Å². The van der Waals surface area contributed by atoms with Gasteiger partial charge in [-0.3, -0.25) is 9.59 Å². The second kappa shape index (κ2) is 10.4. The van der Waals surface area contributed by atoms with Crippen molar-refractivity contribution in [1.29, 1.82) is 0 Å². The zero-order chi connectivity index (χ0) is 23.4. The number of likely N-dealkylation sites (N-methyl/N-ethyl adjacent to an activating group) is 1. The van der Waals surface area contributed by atoms with E-state index < -0.39 is 6.04 Å². The molecule has 1 aliphatic heterocycles. The molecule has 1 N–H and O–H groups in total. The molecule has 0 radical (unpaired) electrons. The number of hydrogen-bond acceptors (Lipinski definition) is 4. The van der Waals surface area contributed by atoms with Gasteiger partial charge in [0, 0.05) is 18.2 Å². The monoisotopic (exact) mass is 449 g/mol. The molecule has 1 heterocycles. The minimum Gasteiger partial charge on any atom is -0.497 e. The van der Waals surface area contributed by atoms with E-state index in [9.17, 15) is 9.59 Å². The topological polar surface area (TPSA) is 61.9 Å². The number of carbonyl (C=O) groups excluding carboxylic acids is 2. The van der Waals surface area contributed by atoms with E-state index in [2.05, 4.69) is 10.2 Å². The van der Waals surface area contributed by atoms with Gasteiger partial charge in [-0.25, -0.2) is 0 Å². The molecule has 33 heavy (non-hydrogen) atoms. The highest BCUT2D eigenvalue weighted by atomic mass is 16.5. The molecule has 4 unspecified atom stereocenters. The van der Waals surface area contributed by atoms with Crippen LogP contribution < -0.4 is 10.1 Å². The number of likely N-dealkylation sites (tertiary alicyclic amines) is 1. The van der Waals surface area contributed by atoms with Crippen molar-refractivity contribution in [2.75, 3.05) is 27.7 Å². The van der Waals surface area contributed by atoms with Crippen molar-refractivity contribution in [3.63, 3.8) is 0 Å². The Hall–Kier alpha value is -2.86. The number of benzene rings is 2. The first-order valence-electron chi connectivity index (χ1n) is 12.0. The maximum absolute atomic E-state index is 13.5. The molecule has 1 aliphatic carbocycles. The minimum atomic E-state index is -0.413. The van der Waals surface area contributed by atoms with Gasteiger partial charge >= 0.3 is 0 Å². The Morgan fingerprint density at radius 2 is 1.76 bits per heavy atom. The Balaban J connectivity index is 1.50.